The SMILES string of the molecule is Cc1cc(C)c(C)c(C2CC2C#N)c1C. The minimum atomic E-state index is 0.267. The lowest BCUT2D eigenvalue weighted by molar-refractivity contribution is 0.978. The van der Waals surface area contributed by atoms with Crippen LogP contribution in [0.3, 0.4) is 0 Å². The summed E-state index contributed by atoms with van der Waals surface area (Å²) in [6.45, 7) is 8.69. The minimum absolute atomic E-state index is 0.267. The first-order valence-electron chi connectivity index (χ1n) is 5.53. The molecule has 0 aliphatic heterocycles. The highest BCUT2D eigenvalue weighted by Gasteiger charge is 2.40. The van der Waals surface area contributed by atoms with Gasteiger partial charge in [0.2, 0.25) is 0 Å². The molecule has 1 heteroatoms. The Morgan fingerprint density at radius 2 is 1.67 bits per heavy atom. The lowest BCUT2D eigenvalue weighted by atomic mass is 9.91. The van der Waals surface area contributed by atoms with Crippen molar-refractivity contribution in [3.63, 3.8) is 0 Å². The summed E-state index contributed by atoms with van der Waals surface area (Å²) in [5.41, 5.74) is 6.94. The fourth-order valence-electron chi connectivity index (χ4n) is 2.46. The van der Waals surface area contributed by atoms with Gasteiger partial charge < -0.3 is 0 Å². The molecule has 2 atom stereocenters. The van der Waals surface area contributed by atoms with E-state index in [0.717, 1.165) is 6.42 Å². The molecule has 1 aromatic carbocycles. The number of hydrogen-bond acceptors (Lipinski definition) is 1. The van der Waals surface area contributed by atoms with Crippen molar-refractivity contribution in [3.8, 4) is 6.07 Å². The smallest absolute Gasteiger partial charge is 0.0662 e. The van der Waals surface area contributed by atoms with Crippen LogP contribution >= 0.6 is 0 Å². The molecule has 1 saturated carbocycles. The zero-order valence-corrected chi connectivity index (χ0v) is 9.89. The number of hydrogen-bond donors (Lipinski definition) is 0. The second-order valence-electron chi connectivity index (χ2n) is 4.75. The monoisotopic (exact) mass is 199 g/mol. The van der Waals surface area contributed by atoms with Gasteiger partial charge in [-0.25, -0.2) is 0 Å². The highest BCUT2D eigenvalue weighted by atomic mass is 14.5. The van der Waals surface area contributed by atoms with E-state index in [1.807, 2.05) is 0 Å². The van der Waals surface area contributed by atoms with Crippen LogP contribution in [0.1, 0.15) is 40.2 Å². The number of aryl methyl sites for hydroxylation is 2. The van der Waals surface area contributed by atoms with E-state index in [-0.39, 0.29) is 5.92 Å². The Morgan fingerprint density at radius 1 is 1.13 bits per heavy atom. The zero-order valence-electron chi connectivity index (χ0n) is 9.89. The number of benzene rings is 1. The summed E-state index contributed by atoms with van der Waals surface area (Å²) in [6.07, 6.45) is 1.06. The van der Waals surface area contributed by atoms with Gasteiger partial charge in [0.15, 0.2) is 0 Å². The summed E-state index contributed by atoms with van der Waals surface area (Å²) >= 11 is 0. The molecule has 1 nitrogen and oxygen atoms in total. The van der Waals surface area contributed by atoms with Crippen molar-refractivity contribution >= 4 is 0 Å². The molecule has 1 fully saturated rings. The van der Waals surface area contributed by atoms with Crippen LogP contribution in [0.4, 0.5) is 0 Å². The van der Waals surface area contributed by atoms with Crippen molar-refractivity contribution < 1.29 is 0 Å². The molecule has 0 heterocycles. The molecule has 0 bridgehead atoms. The lowest BCUT2D eigenvalue weighted by Crippen LogP contribution is -1.98. The lowest BCUT2D eigenvalue weighted by Gasteiger charge is -2.14. The van der Waals surface area contributed by atoms with E-state index in [1.165, 1.54) is 27.8 Å². The predicted octanol–water partition coefficient (Wildman–Crippen LogP) is 3.55. The first-order chi connectivity index (χ1) is 7.06. The van der Waals surface area contributed by atoms with Crippen molar-refractivity contribution in [2.24, 2.45) is 5.92 Å². The first kappa shape index (κ1) is 10.2. The Morgan fingerprint density at radius 3 is 2.07 bits per heavy atom. The van der Waals surface area contributed by atoms with Crippen molar-refractivity contribution in [2.45, 2.75) is 40.0 Å². The predicted molar refractivity (Wildman–Crippen MR) is 61.9 cm³/mol. The van der Waals surface area contributed by atoms with Crippen LogP contribution in [0.5, 0.6) is 0 Å². The van der Waals surface area contributed by atoms with E-state index in [9.17, 15) is 0 Å². The molecule has 0 saturated heterocycles. The second kappa shape index (κ2) is 3.38. The largest absolute Gasteiger partial charge is 0.198 e. The summed E-state index contributed by atoms with van der Waals surface area (Å²) in [5.74, 6) is 0.775. The van der Waals surface area contributed by atoms with Gasteiger partial charge in [0, 0.05) is 5.92 Å². The van der Waals surface area contributed by atoms with Crippen LogP contribution in [0.15, 0.2) is 6.07 Å². The maximum atomic E-state index is 8.91. The van der Waals surface area contributed by atoms with Gasteiger partial charge in [0.1, 0.15) is 0 Å². The summed E-state index contributed by atoms with van der Waals surface area (Å²) in [4.78, 5) is 0. The van der Waals surface area contributed by atoms with Crippen molar-refractivity contribution in [3.05, 3.63) is 33.9 Å². The Bertz CT molecular complexity index is 425. The maximum Gasteiger partial charge on any atom is 0.0662 e. The molecule has 1 aromatic rings. The standard InChI is InChI=1S/C14H17N/c1-8-5-9(2)11(4)14(10(8)3)13-6-12(13)7-15/h5,12-13H,6H2,1-4H3. The van der Waals surface area contributed by atoms with Gasteiger partial charge in [0.05, 0.1) is 12.0 Å². The van der Waals surface area contributed by atoms with E-state index < -0.39 is 0 Å². The van der Waals surface area contributed by atoms with Gasteiger partial charge in [-0.1, -0.05) is 6.07 Å². The fraction of sp³-hybridized carbons (Fsp3) is 0.500. The first-order valence-corrected chi connectivity index (χ1v) is 5.53. The highest BCUT2D eigenvalue weighted by Crippen LogP contribution is 2.49. The molecule has 0 spiro atoms. The van der Waals surface area contributed by atoms with E-state index in [0.29, 0.717) is 5.92 Å². The maximum absolute atomic E-state index is 8.91. The third-order valence-corrected chi connectivity index (χ3v) is 3.75. The second-order valence-corrected chi connectivity index (χ2v) is 4.75. The van der Waals surface area contributed by atoms with Crippen molar-refractivity contribution in [1.82, 2.24) is 0 Å². The van der Waals surface area contributed by atoms with E-state index in [1.54, 1.807) is 0 Å². The molecule has 2 rings (SSSR count). The minimum Gasteiger partial charge on any atom is -0.198 e. The van der Waals surface area contributed by atoms with Gasteiger partial charge in [0.25, 0.3) is 0 Å². The molecule has 0 amide bonds. The fourth-order valence-corrected chi connectivity index (χ4v) is 2.46. The molecule has 0 aromatic heterocycles. The summed E-state index contributed by atoms with van der Waals surface area (Å²) < 4.78 is 0. The quantitative estimate of drug-likeness (QED) is 0.678. The molecule has 2 unspecified atom stereocenters. The van der Waals surface area contributed by atoms with E-state index in [4.69, 9.17) is 5.26 Å². The summed E-state index contributed by atoms with van der Waals surface area (Å²) in [6, 6.07) is 4.63. The van der Waals surface area contributed by atoms with Crippen LogP contribution in [0, 0.1) is 44.9 Å². The average Bonchev–Trinajstić information content (AvgIpc) is 2.95. The Hall–Kier alpha value is -1.29. The van der Waals surface area contributed by atoms with Crippen LogP contribution in [0.2, 0.25) is 0 Å². The van der Waals surface area contributed by atoms with Gasteiger partial charge in [-0.3, -0.25) is 0 Å². The van der Waals surface area contributed by atoms with Gasteiger partial charge in [-0.2, -0.15) is 5.26 Å². The van der Waals surface area contributed by atoms with Gasteiger partial charge in [-0.05, 0) is 61.9 Å². The molecule has 1 aliphatic rings. The average molecular weight is 199 g/mol. The highest BCUT2D eigenvalue weighted by molar-refractivity contribution is 5.48. The van der Waals surface area contributed by atoms with Gasteiger partial charge in [-0.15, -0.1) is 0 Å². The van der Waals surface area contributed by atoms with Crippen LogP contribution < -0.4 is 0 Å². The third-order valence-electron chi connectivity index (χ3n) is 3.75. The zero-order chi connectivity index (χ0) is 11.2. The molecule has 0 radical (unpaired) electrons. The number of rotatable bonds is 1. The summed E-state index contributed by atoms with van der Waals surface area (Å²) in [7, 11) is 0. The topological polar surface area (TPSA) is 23.8 Å². The summed E-state index contributed by atoms with van der Waals surface area (Å²) in [5, 5.41) is 8.91. The third kappa shape index (κ3) is 1.55. The van der Waals surface area contributed by atoms with Crippen LogP contribution in [-0.4, -0.2) is 0 Å². The van der Waals surface area contributed by atoms with Crippen LogP contribution in [0.25, 0.3) is 0 Å². The molecule has 15 heavy (non-hydrogen) atoms. The Labute approximate surface area is 91.7 Å². The van der Waals surface area contributed by atoms with Crippen molar-refractivity contribution in [1.29, 1.82) is 5.26 Å². The molecular formula is C14H17N. The number of nitriles is 1. The number of nitrogens with zero attached hydrogens (tertiary/aromatic N) is 1. The van der Waals surface area contributed by atoms with Crippen LogP contribution in [-0.2, 0) is 0 Å². The molecule has 1 aliphatic carbocycles. The van der Waals surface area contributed by atoms with Crippen molar-refractivity contribution in [2.75, 3.05) is 0 Å². The molecule has 0 N–H and O–H groups in total. The Balaban J connectivity index is 2.52. The normalized spacial score (nSPS) is 23.7. The van der Waals surface area contributed by atoms with Gasteiger partial charge >= 0.3 is 0 Å². The van der Waals surface area contributed by atoms with E-state index in [2.05, 4.69) is 39.8 Å². The molecular weight excluding hydrogens is 182 g/mol. The molecule has 78 valence electrons. The van der Waals surface area contributed by atoms with E-state index >= 15 is 0 Å². The Kier molecular flexibility index (Phi) is 2.31.